The first-order valence-electron chi connectivity index (χ1n) is 5.79. The minimum atomic E-state index is -0.459. The van der Waals surface area contributed by atoms with E-state index in [-0.39, 0.29) is 17.0 Å². The van der Waals surface area contributed by atoms with Gasteiger partial charge in [-0.1, -0.05) is 0 Å². The van der Waals surface area contributed by atoms with E-state index >= 15 is 0 Å². The Morgan fingerprint density at radius 3 is 2.39 bits per heavy atom. The summed E-state index contributed by atoms with van der Waals surface area (Å²) in [5.74, 6) is 0.642. The second-order valence-corrected chi connectivity index (χ2v) is 4.99. The van der Waals surface area contributed by atoms with Crippen LogP contribution in [0.5, 0.6) is 0 Å². The lowest BCUT2D eigenvalue weighted by molar-refractivity contribution is -0.385. The number of rotatable bonds is 4. The maximum atomic E-state index is 11.1. The van der Waals surface area contributed by atoms with Crippen LogP contribution in [0, 0.1) is 17.0 Å². The molecule has 0 aliphatic carbocycles. The van der Waals surface area contributed by atoms with Gasteiger partial charge >= 0.3 is 5.69 Å². The molecule has 0 atom stereocenters. The molecule has 0 radical (unpaired) electrons. The molecule has 1 aromatic heterocycles. The van der Waals surface area contributed by atoms with Gasteiger partial charge in [-0.25, -0.2) is 4.98 Å². The fourth-order valence-corrected chi connectivity index (χ4v) is 1.47. The van der Waals surface area contributed by atoms with Gasteiger partial charge in [0, 0.05) is 12.1 Å². The molecular weight excluding hydrogens is 234 g/mol. The number of nitrogens with one attached hydrogen (secondary N) is 2. The Bertz CT molecular complexity index is 453. The highest BCUT2D eigenvalue weighted by atomic mass is 16.6. The highest BCUT2D eigenvalue weighted by molar-refractivity contribution is 5.61. The Kier molecular flexibility index (Phi) is 4.05. The average molecular weight is 253 g/mol. The van der Waals surface area contributed by atoms with Crippen molar-refractivity contribution in [2.24, 2.45) is 0 Å². The number of nitro groups is 1. The molecule has 100 valence electrons. The summed E-state index contributed by atoms with van der Waals surface area (Å²) in [6.07, 6.45) is 0. The summed E-state index contributed by atoms with van der Waals surface area (Å²) in [4.78, 5) is 18.8. The molecule has 0 aliphatic heterocycles. The van der Waals surface area contributed by atoms with E-state index in [2.05, 4.69) is 20.6 Å². The number of aryl methyl sites for hydroxylation is 1. The molecule has 1 rings (SSSR count). The number of hydrogen-bond donors (Lipinski definition) is 2. The molecule has 0 saturated carbocycles. The van der Waals surface area contributed by atoms with Crippen LogP contribution in [0.25, 0.3) is 0 Å². The molecule has 0 bridgehead atoms. The van der Waals surface area contributed by atoms with Gasteiger partial charge in [0.2, 0.25) is 11.8 Å². The summed E-state index contributed by atoms with van der Waals surface area (Å²) in [5.41, 5.74) is -0.0426. The minimum absolute atomic E-state index is 0.0772. The van der Waals surface area contributed by atoms with Gasteiger partial charge in [0.25, 0.3) is 0 Å². The van der Waals surface area contributed by atoms with Crippen LogP contribution in [0.2, 0.25) is 0 Å². The van der Waals surface area contributed by atoms with E-state index < -0.39 is 4.92 Å². The smallest absolute Gasteiger partial charge is 0.332 e. The highest BCUT2D eigenvalue weighted by Gasteiger charge is 2.25. The molecule has 1 aromatic rings. The Labute approximate surface area is 106 Å². The van der Waals surface area contributed by atoms with E-state index in [9.17, 15) is 10.1 Å². The molecule has 1 heterocycles. The van der Waals surface area contributed by atoms with Crippen molar-refractivity contribution < 1.29 is 4.92 Å². The zero-order valence-corrected chi connectivity index (χ0v) is 11.4. The van der Waals surface area contributed by atoms with E-state index in [1.807, 2.05) is 27.7 Å². The highest BCUT2D eigenvalue weighted by Crippen LogP contribution is 2.28. The largest absolute Gasteiger partial charge is 0.360 e. The summed E-state index contributed by atoms with van der Waals surface area (Å²) < 4.78 is 0. The topological polar surface area (TPSA) is 93.0 Å². The van der Waals surface area contributed by atoms with Crippen LogP contribution in [0.15, 0.2) is 0 Å². The lowest BCUT2D eigenvalue weighted by Gasteiger charge is -2.21. The van der Waals surface area contributed by atoms with Gasteiger partial charge in [0.1, 0.15) is 5.69 Å². The van der Waals surface area contributed by atoms with Gasteiger partial charge in [0.15, 0.2) is 0 Å². The normalized spacial score (nSPS) is 11.2. The van der Waals surface area contributed by atoms with E-state index in [4.69, 9.17) is 0 Å². The van der Waals surface area contributed by atoms with Crippen molar-refractivity contribution in [1.29, 1.82) is 0 Å². The van der Waals surface area contributed by atoms with Crippen molar-refractivity contribution in [1.82, 2.24) is 9.97 Å². The van der Waals surface area contributed by atoms with Gasteiger partial charge in [-0.2, -0.15) is 4.98 Å². The Morgan fingerprint density at radius 1 is 1.33 bits per heavy atom. The van der Waals surface area contributed by atoms with E-state index in [0.29, 0.717) is 18.2 Å². The molecule has 0 saturated heterocycles. The number of hydrogen-bond acceptors (Lipinski definition) is 6. The van der Waals surface area contributed by atoms with Gasteiger partial charge in [0.05, 0.1) is 4.92 Å². The Hall–Kier alpha value is -1.92. The molecular formula is C11H19N5O2. The first kappa shape index (κ1) is 14.1. The molecule has 0 spiro atoms. The summed E-state index contributed by atoms with van der Waals surface area (Å²) in [6.45, 7) is 9.93. The van der Waals surface area contributed by atoms with Crippen molar-refractivity contribution in [2.45, 2.75) is 40.2 Å². The maximum Gasteiger partial charge on any atom is 0.332 e. The second-order valence-electron chi connectivity index (χ2n) is 4.99. The summed E-state index contributed by atoms with van der Waals surface area (Å²) in [6, 6.07) is 0. The summed E-state index contributed by atoms with van der Waals surface area (Å²) in [7, 11) is 0. The van der Waals surface area contributed by atoms with Gasteiger partial charge < -0.3 is 10.6 Å². The van der Waals surface area contributed by atoms with Crippen LogP contribution in [0.4, 0.5) is 17.5 Å². The monoisotopic (exact) mass is 253 g/mol. The van der Waals surface area contributed by atoms with Crippen LogP contribution in [0.1, 0.15) is 33.4 Å². The summed E-state index contributed by atoms with van der Waals surface area (Å²) >= 11 is 0. The van der Waals surface area contributed by atoms with Crippen molar-refractivity contribution in [3.8, 4) is 0 Å². The molecule has 2 N–H and O–H groups in total. The zero-order chi connectivity index (χ0) is 13.9. The minimum Gasteiger partial charge on any atom is -0.360 e. The van der Waals surface area contributed by atoms with Crippen LogP contribution in [-0.4, -0.2) is 27.0 Å². The van der Waals surface area contributed by atoms with Crippen LogP contribution in [0.3, 0.4) is 0 Å². The lowest BCUT2D eigenvalue weighted by atomic mass is 10.1. The standard InChI is InChI=1S/C11H19N5O2/c1-6-12-10-13-7(2)8(16(17)18)9(14-10)15-11(3,4)5/h6H2,1-5H3,(H2,12,13,14,15). The third-order valence-corrected chi connectivity index (χ3v) is 2.07. The third kappa shape index (κ3) is 3.54. The van der Waals surface area contributed by atoms with E-state index in [1.165, 1.54) is 0 Å². The molecule has 18 heavy (non-hydrogen) atoms. The molecule has 7 nitrogen and oxygen atoms in total. The molecule has 7 heteroatoms. The SMILES string of the molecule is CCNc1nc(C)c([N+](=O)[O-])c(NC(C)(C)C)n1. The first-order chi connectivity index (χ1) is 8.24. The molecule has 0 unspecified atom stereocenters. The van der Waals surface area contributed by atoms with Gasteiger partial charge in [-0.05, 0) is 34.6 Å². The van der Waals surface area contributed by atoms with Crippen molar-refractivity contribution in [2.75, 3.05) is 17.2 Å². The van der Waals surface area contributed by atoms with Crippen LogP contribution in [-0.2, 0) is 0 Å². The van der Waals surface area contributed by atoms with Crippen molar-refractivity contribution in [3.05, 3.63) is 15.8 Å². The van der Waals surface area contributed by atoms with E-state index in [0.717, 1.165) is 0 Å². The predicted molar refractivity (Wildman–Crippen MR) is 71.0 cm³/mol. The Balaban J connectivity index is 3.28. The fraction of sp³-hybridized carbons (Fsp3) is 0.636. The number of aromatic nitrogens is 2. The maximum absolute atomic E-state index is 11.1. The molecule has 0 amide bonds. The van der Waals surface area contributed by atoms with Gasteiger partial charge in [-0.15, -0.1) is 0 Å². The zero-order valence-electron chi connectivity index (χ0n) is 11.4. The third-order valence-electron chi connectivity index (χ3n) is 2.07. The second kappa shape index (κ2) is 5.16. The molecule has 0 fully saturated rings. The quantitative estimate of drug-likeness (QED) is 0.632. The first-order valence-corrected chi connectivity index (χ1v) is 5.79. The number of nitrogens with zero attached hydrogens (tertiary/aromatic N) is 3. The molecule has 0 aliphatic rings. The van der Waals surface area contributed by atoms with E-state index in [1.54, 1.807) is 6.92 Å². The van der Waals surface area contributed by atoms with Crippen molar-refractivity contribution >= 4 is 17.5 Å². The fourth-order valence-electron chi connectivity index (χ4n) is 1.47. The summed E-state index contributed by atoms with van der Waals surface area (Å²) in [5, 5.41) is 17.1. The van der Waals surface area contributed by atoms with Gasteiger partial charge in [-0.3, -0.25) is 10.1 Å². The predicted octanol–water partition coefficient (Wildman–Crippen LogP) is 2.34. The molecule has 0 aromatic carbocycles. The van der Waals surface area contributed by atoms with Crippen LogP contribution >= 0.6 is 0 Å². The number of anilines is 2. The lowest BCUT2D eigenvalue weighted by Crippen LogP contribution is -2.27. The average Bonchev–Trinajstić information content (AvgIpc) is 2.13. The Morgan fingerprint density at radius 2 is 1.94 bits per heavy atom. The van der Waals surface area contributed by atoms with Crippen molar-refractivity contribution in [3.63, 3.8) is 0 Å². The van der Waals surface area contributed by atoms with Crippen LogP contribution < -0.4 is 10.6 Å².